The maximum Gasteiger partial charge on any atom is 0.172 e. The van der Waals surface area contributed by atoms with Crippen LogP contribution in [0.3, 0.4) is 0 Å². The van der Waals surface area contributed by atoms with Crippen LogP contribution < -0.4 is 0 Å². The van der Waals surface area contributed by atoms with E-state index in [2.05, 4.69) is 31.2 Å². The average Bonchev–Trinajstić information content (AvgIpc) is 2.69. The maximum absolute atomic E-state index is 12.5. The second-order valence-corrected chi connectivity index (χ2v) is 7.32. The quantitative estimate of drug-likeness (QED) is 0.652. The van der Waals surface area contributed by atoms with Gasteiger partial charge in [-0.1, -0.05) is 53.7 Å². The Balaban J connectivity index is 1.84. The van der Waals surface area contributed by atoms with Crippen molar-refractivity contribution in [2.24, 2.45) is 0 Å². The highest BCUT2D eigenvalue weighted by molar-refractivity contribution is 7.99. The number of benzene rings is 3. The summed E-state index contributed by atoms with van der Waals surface area (Å²) < 4.78 is 0. The molecule has 3 nitrogen and oxygen atoms in total. The summed E-state index contributed by atoms with van der Waals surface area (Å²) in [6, 6.07) is 17.1. The van der Waals surface area contributed by atoms with E-state index in [1.165, 1.54) is 29.5 Å². The van der Waals surface area contributed by atoms with Gasteiger partial charge >= 0.3 is 0 Å². The van der Waals surface area contributed by atoms with Crippen LogP contribution in [-0.4, -0.2) is 16.0 Å². The third-order valence-corrected chi connectivity index (χ3v) is 5.48. The molecule has 0 spiro atoms. The first-order chi connectivity index (χ1) is 12.0. The van der Waals surface area contributed by atoms with Gasteiger partial charge in [-0.2, -0.15) is 0 Å². The molecule has 0 fully saturated rings. The number of carbonyl (C=O) groups is 1. The molecule has 0 saturated carbocycles. The molecule has 0 amide bonds. The van der Waals surface area contributed by atoms with Crippen LogP contribution in [0.1, 0.15) is 21.5 Å². The molecule has 2 N–H and O–H groups in total. The highest BCUT2D eigenvalue weighted by Crippen LogP contribution is 2.43. The molecule has 0 atom stereocenters. The zero-order valence-corrected chi connectivity index (χ0v) is 14.4. The van der Waals surface area contributed by atoms with Gasteiger partial charge in [0.25, 0.3) is 0 Å². The van der Waals surface area contributed by atoms with E-state index in [9.17, 15) is 15.0 Å². The molecule has 0 radical (unpaired) electrons. The van der Waals surface area contributed by atoms with Gasteiger partial charge in [-0.3, -0.25) is 4.79 Å². The van der Waals surface area contributed by atoms with Crippen molar-refractivity contribution in [3.05, 3.63) is 71.3 Å². The fourth-order valence-corrected chi connectivity index (χ4v) is 4.32. The summed E-state index contributed by atoms with van der Waals surface area (Å²) >= 11 is 1.41. The van der Waals surface area contributed by atoms with Gasteiger partial charge in [0.15, 0.2) is 5.78 Å². The van der Waals surface area contributed by atoms with Crippen LogP contribution in [-0.2, 0) is 6.42 Å². The lowest BCUT2D eigenvalue weighted by Crippen LogP contribution is -2.03. The molecule has 3 aromatic carbocycles. The number of rotatable bonds is 1. The van der Waals surface area contributed by atoms with Crippen LogP contribution in [0.2, 0.25) is 0 Å². The van der Waals surface area contributed by atoms with Crippen molar-refractivity contribution >= 4 is 17.5 Å². The summed E-state index contributed by atoms with van der Waals surface area (Å²) in [6.07, 6.45) is 0.238. The Labute approximate surface area is 150 Å². The summed E-state index contributed by atoms with van der Waals surface area (Å²) in [6.45, 7) is 2.06. The molecule has 0 saturated heterocycles. The molecule has 1 heterocycles. The highest BCUT2D eigenvalue weighted by Gasteiger charge is 2.24. The Bertz CT molecular complexity index is 1010. The molecule has 124 valence electrons. The number of aromatic hydroxyl groups is 2. The zero-order valence-electron chi connectivity index (χ0n) is 13.6. The molecular formula is C21H16O3S. The SMILES string of the molecule is Cc1cccc(-c2ccc3c(c2)Sc2cc(O)cc(O)c2C(=O)C3)c1. The highest BCUT2D eigenvalue weighted by atomic mass is 32.2. The van der Waals surface area contributed by atoms with Crippen LogP contribution in [0, 0.1) is 6.92 Å². The molecule has 0 unspecified atom stereocenters. The zero-order chi connectivity index (χ0) is 17.6. The Morgan fingerprint density at radius 1 is 0.920 bits per heavy atom. The predicted molar refractivity (Wildman–Crippen MR) is 98.5 cm³/mol. The number of hydrogen-bond donors (Lipinski definition) is 2. The van der Waals surface area contributed by atoms with E-state index in [-0.39, 0.29) is 29.3 Å². The molecule has 25 heavy (non-hydrogen) atoms. The second-order valence-electron chi connectivity index (χ2n) is 6.23. The fourth-order valence-electron chi connectivity index (χ4n) is 3.13. The fraction of sp³-hybridized carbons (Fsp3) is 0.0952. The number of aryl methyl sites for hydroxylation is 1. The summed E-state index contributed by atoms with van der Waals surface area (Å²) in [4.78, 5) is 14.1. The smallest absolute Gasteiger partial charge is 0.172 e. The summed E-state index contributed by atoms with van der Waals surface area (Å²) in [5.74, 6) is -0.351. The van der Waals surface area contributed by atoms with E-state index in [1.54, 1.807) is 0 Å². The average molecular weight is 348 g/mol. The number of carbonyl (C=O) groups excluding carboxylic acids is 1. The normalized spacial score (nSPS) is 13.1. The van der Waals surface area contributed by atoms with Gasteiger partial charge < -0.3 is 10.2 Å². The first-order valence-electron chi connectivity index (χ1n) is 7.98. The minimum Gasteiger partial charge on any atom is -0.508 e. The molecule has 4 rings (SSSR count). The lowest BCUT2D eigenvalue weighted by atomic mass is 9.98. The van der Waals surface area contributed by atoms with E-state index in [0.717, 1.165) is 21.6 Å². The summed E-state index contributed by atoms with van der Waals surface area (Å²) in [5, 5.41) is 19.9. The van der Waals surface area contributed by atoms with Crippen molar-refractivity contribution in [1.82, 2.24) is 0 Å². The van der Waals surface area contributed by atoms with Gasteiger partial charge in [0, 0.05) is 22.3 Å². The van der Waals surface area contributed by atoms with Crippen LogP contribution in [0.25, 0.3) is 11.1 Å². The van der Waals surface area contributed by atoms with E-state index in [0.29, 0.717) is 4.90 Å². The summed E-state index contributed by atoms with van der Waals surface area (Å²) in [7, 11) is 0. The van der Waals surface area contributed by atoms with Crippen molar-refractivity contribution < 1.29 is 15.0 Å². The largest absolute Gasteiger partial charge is 0.508 e. The number of fused-ring (bicyclic) bond motifs is 2. The number of hydrogen-bond acceptors (Lipinski definition) is 4. The monoisotopic (exact) mass is 348 g/mol. The van der Waals surface area contributed by atoms with E-state index < -0.39 is 0 Å². The molecule has 3 aromatic rings. The van der Waals surface area contributed by atoms with Crippen molar-refractivity contribution in [3.8, 4) is 22.6 Å². The van der Waals surface area contributed by atoms with Gasteiger partial charge in [-0.25, -0.2) is 0 Å². The molecule has 1 aliphatic heterocycles. The Morgan fingerprint density at radius 3 is 2.52 bits per heavy atom. The van der Waals surface area contributed by atoms with Crippen molar-refractivity contribution in [2.75, 3.05) is 0 Å². The number of phenolic OH excluding ortho intramolecular Hbond substituents is 2. The van der Waals surface area contributed by atoms with Gasteiger partial charge in [-0.15, -0.1) is 0 Å². The van der Waals surface area contributed by atoms with Gasteiger partial charge in [0.2, 0.25) is 0 Å². The van der Waals surface area contributed by atoms with E-state index >= 15 is 0 Å². The Morgan fingerprint density at radius 2 is 1.72 bits per heavy atom. The van der Waals surface area contributed by atoms with Crippen LogP contribution >= 0.6 is 11.8 Å². The third kappa shape index (κ3) is 2.89. The first kappa shape index (κ1) is 15.8. The van der Waals surface area contributed by atoms with Crippen molar-refractivity contribution in [3.63, 3.8) is 0 Å². The number of Topliss-reactive ketones (excluding diaryl/α,β-unsaturated/α-hetero) is 1. The Hall–Kier alpha value is -2.72. The topological polar surface area (TPSA) is 57.5 Å². The van der Waals surface area contributed by atoms with Crippen LogP contribution in [0.4, 0.5) is 0 Å². The predicted octanol–water partition coefficient (Wildman–Crippen LogP) is 4.96. The molecule has 0 aliphatic carbocycles. The standard InChI is InChI=1S/C21H16O3S/c1-12-3-2-4-13(7-12)14-5-6-15-8-17(23)21-18(24)10-16(22)11-20(21)25-19(15)9-14/h2-7,9-11,22,24H,8H2,1H3. The Kier molecular flexibility index (Phi) is 3.77. The minimum atomic E-state index is -0.167. The molecular weight excluding hydrogens is 332 g/mol. The van der Waals surface area contributed by atoms with E-state index in [4.69, 9.17) is 0 Å². The third-order valence-electron chi connectivity index (χ3n) is 4.33. The lowest BCUT2D eigenvalue weighted by molar-refractivity contribution is 0.0987. The van der Waals surface area contributed by atoms with Crippen LogP contribution in [0.5, 0.6) is 11.5 Å². The van der Waals surface area contributed by atoms with Crippen LogP contribution in [0.15, 0.2) is 64.4 Å². The molecule has 0 aromatic heterocycles. The van der Waals surface area contributed by atoms with Gasteiger partial charge in [-0.05, 0) is 35.7 Å². The second kappa shape index (κ2) is 5.97. The number of ketones is 1. The van der Waals surface area contributed by atoms with Crippen molar-refractivity contribution in [2.45, 2.75) is 23.1 Å². The maximum atomic E-state index is 12.5. The molecule has 0 bridgehead atoms. The number of phenols is 2. The first-order valence-corrected chi connectivity index (χ1v) is 8.80. The molecule has 1 aliphatic rings. The lowest BCUT2D eigenvalue weighted by Gasteiger charge is -2.09. The van der Waals surface area contributed by atoms with E-state index in [1.807, 2.05) is 18.2 Å². The summed E-state index contributed by atoms with van der Waals surface area (Å²) in [5.41, 5.74) is 4.61. The van der Waals surface area contributed by atoms with Gasteiger partial charge in [0.1, 0.15) is 11.5 Å². The van der Waals surface area contributed by atoms with Gasteiger partial charge in [0.05, 0.1) is 5.56 Å². The molecule has 4 heteroatoms. The minimum absolute atomic E-state index is 0.0464. The van der Waals surface area contributed by atoms with Crippen molar-refractivity contribution in [1.29, 1.82) is 0 Å².